The molecule has 1 amide bonds. The normalized spacial score (nSPS) is 10.6. The number of aldehydes is 1. The van der Waals surface area contributed by atoms with Crippen molar-refractivity contribution in [3.8, 4) is 29.9 Å². The monoisotopic (exact) mass is 832 g/mol. The molecule has 3 heterocycles. The van der Waals surface area contributed by atoms with E-state index in [1.54, 1.807) is 18.0 Å². The molecule has 0 bridgehead atoms. The predicted octanol–water partition coefficient (Wildman–Crippen LogP) is 8.14. The van der Waals surface area contributed by atoms with Crippen molar-refractivity contribution in [2.75, 3.05) is 56.4 Å². The van der Waals surface area contributed by atoms with Gasteiger partial charge in [-0.25, -0.2) is 19.2 Å². The number of ether oxygens (including phenoxy) is 3. The Balaban J connectivity index is 0.962. The Morgan fingerprint density at radius 3 is 2.63 bits per heavy atom. The van der Waals surface area contributed by atoms with Gasteiger partial charge in [-0.3, -0.25) is 4.79 Å². The van der Waals surface area contributed by atoms with Gasteiger partial charge in [0.2, 0.25) is 0 Å². The minimum Gasteiger partial charge on any atom is -0.491 e. The van der Waals surface area contributed by atoms with Gasteiger partial charge >= 0.3 is 6.09 Å². The fraction of sp³-hybridized carbons (Fsp3) is 0.256. The second-order valence-corrected chi connectivity index (χ2v) is 15.2. The standard InChI is InChI=1S/C43H41FN8O5S2/c1-6-20-55-26-31-24-32(45-3)17-16-30(31)27-57-43(54)51(4)19-9-11-29-15-18-36(33(44)23-29)56-21-10-14-38-35(25-53)47-42(59-38)52(5)39-22-28(2)40(50-49-39)48-41-46-34-12-7-8-13-37(34)58-41/h1,7-8,12-13,15-18,22-25,45H,10,14,19-21,26-27H2,2-5H3,(H,46,48,50). The number of rotatable bonds is 17. The number of fused-ring (bicyclic) bond motifs is 1. The molecule has 0 aliphatic heterocycles. The van der Waals surface area contributed by atoms with E-state index in [-0.39, 0.29) is 38.7 Å². The molecule has 302 valence electrons. The third kappa shape index (κ3) is 11.1. The molecule has 16 heteroatoms. The number of nitrogens with zero attached hydrogens (tertiary/aromatic N) is 6. The van der Waals surface area contributed by atoms with Crippen LogP contribution in [0.25, 0.3) is 10.2 Å². The van der Waals surface area contributed by atoms with Crippen LogP contribution in [0.5, 0.6) is 5.75 Å². The molecule has 13 nitrogen and oxygen atoms in total. The summed E-state index contributed by atoms with van der Waals surface area (Å²) in [5.41, 5.74) is 5.07. The number of aryl methyl sites for hydroxylation is 2. The van der Waals surface area contributed by atoms with Gasteiger partial charge in [-0.15, -0.1) is 28.0 Å². The molecule has 0 aliphatic carbocycles. The highest BCUT2D eigenvalue weighted by Crippen LogP contribution is 2.33. The Hall–Kier alpha value is -6.59. The number of nitrogens with one attached hydrogen (secondary N) is 2. The quantitative estimate of drug-likeness (QED) is 0.0520. The van der Waals surface area contributed by atoms with Crippen LogP contribution in [0.1, 0.15) is 44.0 Å². The lowest BCUT2D eigenvalue weighted by atomic mass is 10.1. The van der Waals surface area contributed by atoms with Crippen molar-refractivity contribution in [2.45, 2.75) is 33.0 Å². The fourth-order valence-corrected chi connectivity index (χ4v) is 7.51. The van der Waals surface area contributed by atoms with Crippen LogP contribution < -0.4 is 20.3 Å². The third-order valence-corrected chi connectivity index (χ3v) is 11.0. The molecule has 6 rings (SSSR count). The van der Waals surface area contributed by atoms with Crippen molar-refractivity contribution in [1.29, 1.82) is 0 Å². The zero-order chi connectivity index (χ0) is 41.7. The molecule has 0 fully saturated rings. The second kappa shape index (κ2) is 20.2. The number of halogens is 1. The van der Waals surface area contributed by atoms with Crippen molar-refractivity contribution in [1.82, 2.24) is 25.1 Å². The van der Waals surface area contributed by atoms with Crippen molar-refractivity contribution in [2.24, 2.45) is 0 Å². The number of benzene rings is 3. The average Bonchev–Trinajstić information content (AvgIpc) is 3.86. The first-order valence-electron chi connectivity index (χ1n) is 18.4. The summed E-state index contributed by atoms with van der Waals surface area (Å²) in [6, 6.07) is 19.9. The molecule has 0 radical (unpaired) electrons. The molecule has 3 aromatic heterocycles. The number of hydrogen-bond donors (Lipinski definition) is 2. The summed E-state index contributed by atoms with van der Waals surface area (Å²) < 4.78 is 32.7. The van der Waals surface area contributed by atoms with E-state index in [2.05, 4.69) is 48.6 Å². The number of para-hydroxylation sites is 1. The number of terminal acetylenes is 1. The highest BCUT2D eigenvalue weighted by Gasteiger charge is 2.18. The highest BCUT2D eigenvalue weighted by atomic mass is 32.1. The maximum Gasteiger partial charge on any atom is 0.410 e. The van der Waals surface area contributed by atoms with E-state index in [9.17, 15) is 14.0 Å². The summed E-state index contributed by atoms with van der Waals surface area (Å²) in [6.07, 6.45) is 6.47. The minimum atomic E-state index is -0.566. The molecule has 59 heavy (non-hydrogen) atoms. The number of thiazole rings is 2. The van der Waals surface area contributed by atoms with Gasteiger partial charge < -0.3 is 34.6 Å². The molecule has 6 aromatic rings. The number of amides is 1. The van der Waals surface area contributed by atoms with E-state index < -0.39 is 11.9 Å². The molecule has 0 unspecified atom stereocenters. The van der Waals surface area contributed by atoms with Crippen LogP contribution in [0.15, 0.2) is 66.7 Å². The predicted molar refractivity (Wildman–Crippen MR) is 230 cm³/mol. The molecular weight excluding hydrogens is 792 g/mol. The van der Waals surface area contributed by atoms with Gasteiger partial charge in [-0.1, -0.05) is 47.3 Å². The Morgan fingerprint density at radius 1 is 1.02 bits per heavy atom. The molecule has 0 saturated heterocycles. The van der Waals surface area contributed by atoms with E-state index in [1.807, 2.05) is 69.6 Å². The van der Waals surface area contributed by atoms with Gasteiger partial charge in [0.1, 0.15) is 18.9 Å². The van der Waals surface area contributed by atoms with Gasteiger partial charge in [-0.05, 0) is 85.0 Å². The first-order valence-corrected chi connectivity index (χ1v) is 20.0. The van der Waals surface area contributed by atoms with Gasteiger partial charge in [0.25, 0.3) is 0 Å². The summed E-state index contributed by atoms with van der Waals surface area (Å²) in [6.45, 7) is 2.70. The number of aromatic nitrogens is 4. The number of carbonyl (C=O) groups excluding carboxylic acids is 2. The van der Waals surface area contributed by atoms with E-state index in [1.165, 1.54) is 39.7 Å². The minimum absolute atomic E-state index is 0.0411. The first kappa shape index (κ1) is 42.0. The van der Waals surface area contributed by atoms with Crippen molar-refractivity contribution in [3.63, 3.8) is 0 Å². The molecule has 0 saturated carbocycles. The van der Waals surface area contributed by atoms with Crippen LogP contribution in [0.3, 0.4) is 0 Å². The summed E-state index contributed by atoms with van der Waals surface area (Å²) >= 11 is 2.91. The maximum absolute atomic E-state index is 15.0. The maximum atomic E-state index is 15.0. The van der Waals surface area contributed by atoms with E-state index in [0.717, 1.165) is 48.9 Å². The fourth-order valence-electron chi connectivity index (χ4n) is 5.61. The van der Waals surface area contributed by atoms with E-state index in [0.29, 0.717) is 40.9 Å². The van der Waals surface area contributed by atoms with Crippen molar-refractivity contribution in [3.05, 3.63) is 105 Å². The van der Waals surface area contributed by atoms with Gasteiger partial charge in [0.15, 0.2) is 39.8 Å². The zero-order valence-electron chi connectivity index (χ0n) is 32.9. The summed E-state index contributed by atoms with van der Waals surface area (Å²) in [5, 5.41) is 16.4. The Morgan fingerprint density at radius 2 is 1.86 bits per heavy atom. The lowest BCUT2D eigenvalue weighted by molar-refractivity contribution is 0.106. The lowest BCUT2D eigenvalue weighted by Crippen LogP contribution is -2.27. The van der Waals surface area contributed by atoms with Gasteiger partial charge in [-0.2, -0.15) is 0 Å². The van der Waals surface area contributed by atoms with E-state index in [4.69, 9.17) is 20.6 Å². The van der Waals surface area contributed by atoms with Crippen LogP contribution in [-0.2, 0) is 29.1 Å². The average molecular weight is 833 g/mol. The van der Waals surface area contributed by atoms with Crippen LogP contribution in [-0.4, -0.2) is 78.3 Å². The van der Waals surface area contributed by atoms with Gasteiger partial charge in [0, 0.05) is 37.3 Å². The number of carbonyl (C=O) groups is 2. The van der Waals surface area contributed by atoms with E-state index >= 15 is 0 Å². The van der Waals surface area contributed by atoms with Crippen LogP contribution in [0.2, 0.25) is 0 Å². The zero-order valence-corrected chi connectivity index (χ0v) is 34.5. The van der Waals surface area contributed by atoms with Crippen LogP contribution in [0, 0.1) is 36.9 Å². The Labute approximate surface area is 349 Å². The van der Waals surface area contributed by atoms with Crippen LogP contribution >= 0.6 is 22.7 Å². The Kier molecular flexibility index (Phi) is 14.4. The topological polar surface area (TPSA) is 144 Å². The molecular formula is C43H41FN8O5S2. The lowest BCUT2D eigenvalue weighted by Gasteiger charge is -2.16. The number of hydrogen-bond acceptors (Lipinski definition) is 14. The van der Waals surface area contributed by atoms with Crippen molar-refractivity contribution < 1.29 is 28.2 Å². The Bertz CT molecular complexity index is 2510. The smallest absolute Gasteiger partial charge is 0.410 e. The first-order chi connectivity index (χ1) is 28.6. The molecule has 0 spiro atoms. The SMILES string of the molecule is C#CCOCc1cc(NC)ccc1COC(=O)N(C)CC#Cc1ccc(OCCCc2sc(N(C)c3cc(C)c(Nc4nc5ccccc5s4)nn3)nc2C=O)c(F)c1. The molecule has 0 atom stereocenters. The molecule has 3 aromatic carbocycles. The molecule has 0 aliphatic rings. The van der Waals surface area contributed by atoms with Crippen molar-refractivity contribution >= 4 is 72.9 Å². The molecule has 2 N–H and O–H groups in total. The second-order valence-electron chi connectivity index (χ2n) is 13.1. The van der Waals surface area contributed by atoms with Gasteiger partial charge in [0.05, 0.1) is 30.0 Å². The summed E-state index contributed by atoms with van der Waals surface area (Å²) in [4.78, 5) is 37.6. The summed E-state index contributed by atoms with van der Waals surface area (Å²) in [5.74, 6) is 8.87. The summed E-state index contributed by atoms with van der Waals surface area (Å²) in [7, 11) is 5.19. The van der Waals surface area contributed by atoms with Crippen LogP contribution in [0.4, 0.5) is 36.8 Å². The number of anilines is 5. The largest absolute Gasteiger partial charge is 0.491 e. The highest BCUT2D eigenvalue weighted by molar-refractivity contribution is 7.22. The third-order valence-electron chi connectivity index (χ3n) is 8.84.